The van der Waals surface area contributed by atoms with Crippen molar-refractivity contribution in [3.63, 3.8) is 0 Å². The summed E-state index contributed by atoms with van der Waals surface area (Å²) >= 11 is 0. The van der Waals surface area contributed by atoms with Gasteiger partial charge in [-0.2, -0.15) is 0 Å². The second-order valence-corrected chi connectivity index (χ2v) is 9.71. The fraction of sp³-hybridized carbons (Fsp3) is 0.538. The van der Waals surface area contributed by atoms with Crippen molar-refractivity contribution in [2.24, 2.45) is 0 Å². The van der Waals surface area contributed by atoms with Crippen LogP contribution in [0.4, 0.5) is 0 Å². The van der Waals surface area contributed by atoms with Crippen LogP contribution >= 0.6 is 0 Å². The zero-order valence-corrected chi connectivity index (χ0v) is 21.4. The fourth-order valence-electron chi connectivity index (χ4n) is 4.94. The molecule has 2 aromatic rings. The van der Waals surface area contributed by atoms with E-state index in [1.807, 2.05) is 0 Å². The number of phenolic OH excluding ortho intramolecular Hbond substituents is 1. The molecule has 0 aliphatic carbocycles. The van der Waals surface area contributed by atoms with E-state index in [1.54, 1.807) is 6.07 Å². The Balaban J connectivity index is 1.58. The summed E-state index contributed by atoms with van der Waals surface area (Å²) in [6.07, 6.45) is -8.77. The van der Waals surface area contributed by atoms with Gasteiger partial charge in [0.2, 0.25) is 6.29 Å². The van der Waals surface area contributed by atoms with Gasteiger partial charge in [0.25, 0.3) is 0 Å². The summed E-state index contributed by atoms with van der Waals surface area (Å²) in [5.41, 5.74) is -3.23. The van der Waals surface area contributed by atoms with Crippen LogP contribution in [-0.2, 0) is 15.9 Å². The van der Waals surface area contributed by atoms with Gasteiger partial charge in [0.1, 0.15) is 41.7 Å². The first-order valence-electron chi connectivity index (χ1n) is 12.2. The fourth-order valence-corrected chi connectivity index (χ4v) is 4.94. The maximum atomic E-state index is 11.5. The Labute approximate surface area is 224 Å². The molecule has 13 nitrogen and oxygen atoms in total. The van der Waals surface area contributed by atoms with E-state index in [4.69, 9.17) is 23.7 Å². The van der Waals surface area contributed by atoms with Crippen molar-refractivity contribution in [2.75, 3.05) is 34.0 Å². The van der Waals surface area contributed by atoms with E-state index >= 15 is 0 Å². The van der Waals surface area contributed by atoms with Crippen LogP contribution in [0, 0.1) is 0 Å². The number of benzene rings is 2. The normalized spacial score (nSPS) is 34.6. The van der Waals surface area contributed by atoms with E-state index in [9.17, 15) is 40.9 Å². The highest BCUT2D eigenvalue weighted by atomic mass is 16.7. The Morgan fingerprint density at radius 2 is 1.62 bits per heavy atom. The van der Waals surface area contributed by atoms with Crippen molar-refractivity contribution in [3.8, 4) is 23.0 Å². The Hall–Kier alpha value is -2.72. The van der Waals surface area contributed by atoms with Crippen molar-refractivity contribution < 1.29 is 64.5 Å². The largest absolute Gasteiger partial charge is 0.504 e. The Kier molecular flexibility index (Phi) is 8.56. The predicted molar refractivity (Wildman–Crippen MR) is 131 cm³/mol. The van der Waals surface area contributed by atoms with Gasteiger partial charge in [-0.25, -0.2) is 0 Å². The number of rotatable bonds is 9. The average molecular weight is 555 g/mol. The van der Waals surface area contributed by atoms with Crippen LogP contribution < -0.4 is 14.2 Å². The van der Waals surface area contributed by atoms with Gasteiger partial charge < -0.3 is 64.5 Å². The molecule has 2 fully saturated rings. The van der Waals surface area contributed by atoms with Crippen molar-refractivity contribution in [3.05, 3.63) is 47.5 Å². The first kappa shape index (κ1) is 29.3. The van der Waals surface area contributed by atoms with Gasteiger partial charge in [0.05, 0.1) is 34.0 Å². The average Bonchev–Trinajstić information content (AvgIpc) is 3.20. The molecule has 2 aliphatic heterocycles. The van der Waals surface area contributed by atoms with Gasteiger partial charge in [0.15, 0.2) is 23.0 Å². The van der Waals surface area contributed by atoms with Crippen LogP contribution in [-0.4, -0.2) is 117 Å². The highest BCUT2D eigenvalue weighted by Crippen LogP contribution is 2.47. The molecule has 39 heavy (non-hydrogen) atoms. The Bertz CT molecular complexity index is 1140. The van der Waals surface area contributed by atoms with Crippen LogP contribution in [0.25, 0.3) is 0 Å². The van der Waals surface area contributed by atoms with Crippen LogP contribution in [0.15, 0.2) is 36.4 Å². The maximum Gasteiger partial charge on any atom is 0.229 e. The molecule has 2 heterocycles. The number of methoxy groups -OCH3 is 2. The third-order valence-corrected chi connectivity index (χ3v) is 7.29. The minimum absolute atomic E-state index is 0.0579. The minimum Gasteiger partial charge on any atom is -0.504 e. The summed E-state index contributed by atoms with van der Waals surface area (Å²) in [5, 5.41) is 82.7. The van der Waals surface area contributed by atoms with Gasteiger partial charge in [-0.15, -0.1) is 0 Å². The molecule has 8 atom stereocenters. The third-order valence-electron chi connectivity index (χ3n) is 7.29. The molecule has 0 saturated carbocycles. The lowest BCUT2D eigenvalue weighted by atomic mass is 9.76. The summed E-state index contributed by atoms with van der Waals surface area (Å²) in [4.78, 5) is 0. The molecular weight excluding hydrogens is 520 g/mol. The van der Waals surface area contributed by atoms with Crippen molar-refractivity contribution in [2.45, 2.75) is 54.4 Å². The molecule has 2 aliphatic rings. The second kappa shape index (κ2) is 11.4. The SMILES string of the molecule is COc1cc(C[C@@]2(O)CO[C@H](c3ccc(O[C@@H]4O[C@H](CO)[C@@H](O)[C@H](O)[C@H]4O)c(OC)c3)[C@@]2(O)CO)ccc1O. The van der Waals surface area contributed by atoms with Gasteiger partial charge in [-0.05, 0) is 35.4 Å². The molecule has 2 saturated heterocycles. The number of hydrogen-bond donors (Lipinski definition) is 8. The van der Waals surface area contributed by atoms with Crippen LogP contribution in [0.1, 0.15) is 17.2 Å². The summed E-state index contributed by atoms with van der Waals surface area (Å²) in [6, 6.07) is 8.80. The van der Waals surface area contributed by atoms with E-state index < -0.39 is 61.2 Å². The van der Waals surface area contributed by atoms with Crippen molar-refractivity contribution >= 4 is 0 Å². The molecule has 0 unspecified atom stereocenters. The number of aliphatic hydroxyl groups is 7. The summed E-state index contributed by atoms with van der Waals surface area (Å²) in [6.45, 7) is -1.81. The summed E-state index contributed by atoms with van der Waals surface area (Å²) in [5.74, 6) is 0.248. The number of hydrogen-bond acceptors (Lipinski definition) is 13. The molecule has 4 rings (SSSR count). The molecule has 0 aromatic heterocycles. The molecular formula is C26H34O13. The van der Waals surface area contributed by atoms with E-state index in [2.05, 4.69) is 0 Å². The minimum atomic E-state index is -2.15. The quantitative estimate of drug-likeness (QED) is 0.175. The smallest absolute Gasteiger partial charge is 0.229 e. The van der Waals surface area contributed by atoms with E-state index in [1.165, 1.54) is 44.6 Å². The molecule has 0 amide bonds. The van der Waals surface area contributed by atoms with Crippen LogP contribution in [0.5, 0.6) is 23.0 Å². The summed E-state index contributed by atoms with van der Waals surface area (Å²) in [7, 11) is 2.71. The van der Waals surface area contributed by atoms with Gasteiger partial charge >= 0.3 is 0 Å². The molecule has 0 spiro atoms. The van der Waals surface area contributed by atoms with Crippen molar-refractivity contribution in [1.82, 2.24) is 0 Å². The van der Waals surface area contributed by atoms with Crippen molar-refractivity contribution in [1.29, 1.82) is 0 Å². The van der Waals surface area contributed by atoms with E-state index in [0.29, 0.717) is 11.1 Å². The number of phenols is 1. The van der Waals surface area contributed by atoms with E-state index in [-0.39, 0.29) is 36.0 Å². The Morgan fingerprint density at radius 3 is 2.26 bits per heavy atom. The highest BCUT2D eigenvalue weighted by Gasteiger charge is 2.60. The predicted octanol–water partition coefficient (Wildman–Crippen LogP) is -1.64. The molecule has 216 valence electrons. The molecule has 13 heteroatoms. The third kappa shape index (κ3) is 5.25. The molecule has 0 bridgehead atoms. The number of aromatic hydroxyl groups is 1. The zero-order valence-electron chi connectivity index (χ0n) is 21.4. The standard InChI is InChI=1S/C26H34O13/c1-35-17-7-13(3-5-15(17)29)9-25(33)12-37-23(26(25,34)11-28)14-4-6-16(18(8-14)36-2)38-24-22(32)21(31)20(30)19(10-27)39-24/h3-8,19-24,27-34H,9-12H2,1-2H3/t19-,20-,21+,22-,23-,24-,25-,26+/m1/s1. The lowest BCUT2D eigenvalue weighted by molar-refractivity contribution is -0.277. The van der Waals surface area contributed by atoms with Gasteiger partial charge in [0, 0.05) is 6.42 Å². The number of ether oxygens (including phenoxy) is 5. The van der Waals surface area contributed by atoms with Crippen LogP contribution in [0.2, 0.25) is 0 Å². The number of aliphatic hydroxyl groups excluding tert-OH is 5. The first-order valence-corrected chi connectivity index (χ1v) is 12.2. The molecule has 8 N–H and O–H groups in total. The molecule has 2 aromatic carbocycles. The second-order valence-electron chi connectivity index (χ2n) is 9.71. The zero-order chi connectivity index (χ0) is 28.5. The van der Waals surface area contributed by atoms with Crippen LogP contribution in [0.3, 0.4) is 0 Å². The monoisotopic (exact) mass is 554 g/mol. The van der Waals surface area contributed by atoms with Gasteiger partial charge in [-0.1, -0.05) is 12.1 Å². The first-order chi connectivity index (χ1) is 18.5. The van der Waals surface area contributed by atoms with E-state index in [0.717, 1.165) is 0 Å². The Morgan fingerprint density at radius 1 is 0.897 bits per heavy atom. The molecule has 0 radical (unpaired) electrons. The summed E-state index contributed by atoms with van der Waals surface area (Å²) < 4.78 is 27.3. The lowest BCUT2D eigenvalue weighted by Crippen LogP contribution is -2.60. The maximum absolute atomic E-state index is 11.5. The van der Waals surface area contributed by atoms with Gasteiger partial charge in [-0.3, -0.25) is 0 Å². The lowest BCUT2D eigenvalue weighted by Gasteiger charge is -2.39. The topological polar surface area (TPSA) is 208 Å². The highest BCUT2D eigenvalue weighted by molar-refractivity contribution is 5.46.